The molecule has 0 radical (unpaired) electrons. The van der Waals surface area contributed by atoms with E-state index in [1.807, 2.05) is 6.92 Å². The van der Waals surface area contributed by atoms with Crippen LogP contribution < -0.4 is 9.47 Å². The number of hydrogen-bond acceptors (Lipinski definition) is 3. The minimum absolute atomic E-state index is 0.00694. The number of benzene rings is 1. The van der Waals surface area contributed by atoms with Crippen molar-refractivity contribution in [1.29, 1.82) is 0 Å². The fourth-order valence-corrected chi connectivity index (χ4v) is 1.23. The highest BCUT2D eigenvalue weighted by Gasteiger charge is 2.07. The first kappa shape index (κ1) is 9.86. The molecule has 0 aromatic heterocycles. The van der Waals surface area contributed by atoms with E-state index in [-0.39, 0.29) is 6.61 Å². The van der Waals surface area contributed by atoms with Crippen LogP contribution in [0, 0.1) is 6.92 Å². The molecule has 72 valence electrons. The third-order valence-electron chi connectivity index (χ3n) is 1.99. The Morgan fingerprint density at radius 1 is 1.15 bits per heavy atom. The van der Waals surface area contributed by atoms with Crippen molar-refractivity contribution in [2.75, 3.05) is 14.2 Å². The van der Waals surface area contributed by atoms with Gasteiger partial charge in [0.2, 0.25) is 0 Å². The molecule has 0 saturated carbocycles. The lowest BCUT2D eigenvalue weighted by atomic mass is 10.1. The second-order valence-corrected chi connectivity index (χ2v) is 2.78. The minimum atomic E-state index is -0.00694. The number of ether oxygens (including phenoxy) is 2. The van der Waals surface area contributed by atoms with Crippen molar-refractivity contribution >= 4 is 0 Å². The molecule has 0 unspecified atom stereocenters. The highest BCUT2D eigenvalue weighted by molar-refractivity contribution is 5.46. The summed E-state index contributed by atoms with van der Waals surface area (Å²) in [4.78, 5) is 0. The van der Waals surface area contributed by atoms with Crippen LogP contribution in [0.5, 0.6) is 11.5 Å². The van der Waals surface area contributed by atoms with Crippen molar-refractivity contribution in [2.24, 2.45) is 0 Å². The van der Waals surface area contributed by atoms with Gasteiger partial charge >= 0.3 is 0 Å². The first-order valence-corrected chi connectivity index (χ1v) is 4.05. The lowest BCUT2D eigenvalue weighted by Crippen LogP contribution is -1.95. The first-order valence-electron chi connectivity index (χ1n) is 4.05. The van der Waals surface area contributed by atoms with E-state index in [1.165, 1.54) is 0 Å². The molecule has 0 amide bonds. The zero-order valence-electron chi connectivity index (χ0n) is 8.13. The Morgan fingerprint density at radius 2 is 1.62 bits per heavy atom. The summed E-state index contributed by atoms with van der Waals surface area (Å²) < 4.78 is 10.3. The number of rotatable bonds is 3. The number of methoxy groups -OCH3 is 2. The van der Waals surface area contributed by atoms with E-state index in [0.29, 0.717) is 0 Å². The third kappa shape index (κ3) is 1.92. The monoisotopic (exact) mass is 182 g/mol. The van der Waals surface area contributed by atoms with Crippen LogP contribution in [0.15, 0.2) is 12.1 Å². The van der Waals surface area contributed by atoms with Crippen LogP contribution in [0.4, 0.5) is 0 Å². The molecular formula is C10H14O3. The van der Waals surface area contributed by atoms with Gasteiger partial charge in [-0.05, 0) is 24.6 Å². The van der Waals surface area contributed by atoms with Crippen molar-refractivity contribution in [3.05, 3.63) is 23.3 Å². The minimum Gasteiger partial charge on any atom is -0.496 e. The zero-order valence-corrected chi connectivity index (χ0v) is 8.13. The third-order valence-corrected chi connectivity index (χ3v) is 1.99. The highest BCUT2D eigenvalue weighted by Crippen LogP contribution is 2.29. The standard InChI is InChI=1S/C10H14O3/c1-7-9(12-2)4-8(6-11)5-10(7)13-3/h4-5,11H,6H2,1-3H3. The topological polar surface area (TPSA) is 38.7 Å². The summed E-state index contributed by atoms with van der Waals surface area (Å²) in [5.74, 6) is 1.48. The van der Waals surface area contributed by atoms with Gasteiger partial charge in [-0.15, -0.1) is 0 Å². The van der Waals surface area contributed by atoms with E-state index in [1.54, 1.807) is 26.4 Å². The molecule has 1 rings (SSSR count). The quantitative estimate of drug-likeness (QED) is 0.770. The molecule has 0 heterocycles. The predicted octanol–water partition coefficient (Wildman–Crippen LogP) is 1.50. The summed E-state index contributed by atoms with van der Waals surface area (Å²) in [6.07, 6.45) is 0. The second-order valence-electron chi connectivity index (χ2n) is 2.78. The average Bonchev–Trinajstić information content (AvgIpc) is 2.18. The molecule has 0 saturated heterocycles. The van der Waals surface area contributed by atoms with E-state index in [4.69, 9.17) is 14.6 Å². The Hall–Kier alpha value is -1.22. The summed E-state index contributed by atoms with van der Waals surface area (Å²) in [5.41, 5.74) is 1.74. The van der Waals surface area contributed by atoms with Gasteiger partial charge in [0.15, 0.2) is 0 Å². The number of hydrogen-bond donors (Lipinski definition) is 1. The largest absolute Gasteiger partial charge is 0.496 e. The van der Waals surface area contributed by atoms with Crippen molar-refractivity contribution in [1.82, 2.24) is 0 Å². The molecule has 1 N–H and O–H groups in total. The number of aliphatic hydroxyl groups excluding tert-OH is 1. The molecular weight excluding hydrogens is 168 g/mol. The van der Waals surface area contributed by atoms with Gasteiger partial charge < -0.3 is 14.6 Å². The zero-order chi connectivity index (χ0) is 9.84. The summed E-state index contributed by atoms with van der Waals surface area (Å²) >= 11 is 0. The molecule has 0 spiro atoms. The van der Waals surface area contributed by atoms with E-state index in [0.717, 1.165) is 22.6 Å². The van der Waals surface area contributed by atoms with Crippen LogP contribution in [0.25, 0.3) is 0 Å². The van der Waals surface area contributed by atoms with Crippen LogP contribution in [0.1, 0.15) is 11.1 Å². The molecule has 0 fully saturated rings. The Labute approximate surface area is 77.9 Å². The van der Waals surface area contributed by atoms with Gasteiger partial charge in [0.05, 0.1) is 20.8 Å². The van der Waals surface area contributed by atoms with E-state index in [2.05, 4.69) is 0 Å². The molecule has 1 aromatic rings. The van der Waals surface area contributed by atoms with Crippen molar-refractivity contribution in [3.63, 3.8) is 0 Å². The smallest absolute Gasteiger partial charge is 0.125 e. The van der Waals surface area contributed by atoms with Crippen LogP contribution >= 0.6 is 0 Å². The van der Waals surface area contributed by atoms with Crippen LogP contribution in [0.2, 0.25) is 0 Å². The maximum atomic E-state index is 8.96. The van der Waals surface area contributed by atoms with Gasteiger partial charge in [0.25, 0.3) is 0 Å². The molecule has 0 aliphatic rings. The lowest BCUT2D eigenvalue weighted by molar-refractivity contribution is 0.280. The van der Waals surface area contributed by atoms with Gasteiger partial charge in [0.1, 0.15) is 11.5 Å². The molecule has 3 nitrogen and oxygen atoms in total. The van der Waals surface area contributed by atoms with Crippen molar-refractivity contribution in [3.8, 4) is 11.5 Å². The lowest BCUT2D eigenvalue weighted by Gasteiger charge is -2.11. The average molecular weight is 182 g/mol. The predicted molar refractivity (Wildman–Crippen MR) is 50.2 cm³/mol. The van der Waals surface area contributed by atoms with Crippen molar-refractivity contribution < 1.29 is 14.6 Å². The van der Waals surface area contributed by atoms with Crippen LogP contribution in [-0.4, -0.2) is 19.3 Å². The van der Waals surface area contributed by atoms with Crippen LogP contribution in [-0.2, 0) is 6.61 Å². The van der Waals surface area contributed by atoms with Gasteiger partial charge in [0, 0.05) is 5.56 Å². The maximum Gasteiger partial charge on any atom is 0.125 e. The molecule has 1 aromatic carbocycles. The van der Waals surface area contributed by atoms with E-state index >= 15 is 0 Å². The summed E-state index contributed by atoms with van der Waals surface area (Å²) in [6, 6.07) is 3.61. The summed E-state index contributed by atoms with van der Waals surface area (Å²) in [5, 5.41) is 8.96. The van der Waals surface area contributed by atoms with Gasteiger partial charge in [-0.1, -0.05) is 0 Å². The Bertz CT molecular complexity index is 269. The number of aliphatic hydroxyl groups is 1. The summed E-state index contributed by atoms with van der Waals surface area (Å²) in [7, 11) is 3.20. The van der Waals surface area contributed by atoms with Gasteiger partial charge in [-0.3, -0.25) is 0 Å². The SMILES string of the molecule is COc1cc(CO)cc(OC)c1C. The molecule has 0 atom stereocenters. The molecule has 0 aliphatic heterocycles. The normalized spacial score (nSPS) is 9.85. The Morgan fingerprint density at radius 3 is 1.92 bits per heavy atom. The second kappa shape index (κ2) is 4.14. The van der Waals surface area contributed by atoms with Crippen molar-refractivity contribution in [2.45, 2.75) is 13.5 Å². The van der Waals surface area contributed by atoms with E-state index < -0.39 is 0 Å². The first-order chi connectivity index (χ1) is 6.22. The molecule has 0 aliphatic carbocycles. The fraction of sp³-hybridized carbons (Fsp3) is 0.400. The van der Waals surface area contributed by atoms with Crippen LogP contribution in [0.3, 0.4) is 0 Å². The summed E-state index contributed by atoms with van der Waals surface area (Å²) in [6.45, 7) is 1.91. The maximum absolute atomic E-state index is 8.96. The Balaban J connectivity index is 3.20. The van der Waals surface area contributed by atoms with Gasteiger partial charge in [-0.2, -0.15) is 0 Å². The highest BCUT2D eigenvalue weighted by atomic mass is 16.5. The molecule has 0 bridgehead atoms. The Kier molecular flexibility index (Phi) is 3.14. The van der Waals surface area contributed by atoms with E-state index in [9.17, 15) is 0 Å². The molecule has 13 heavy (non-hydrogen) atoms. The van der Waals surface area contributed by atoms with Gasteiger partial charge in [-0.25, -0.2) is 0 Å². The fourth-order valence-electron chi connectivity index (χ4n) is 1.23. The molecule has 3 heteroatoms.